The maximum Gasteiger partial charge on any atom is 0.0593 e. The second-order valence-electron chi connectivity index (χ2n) is 4.51. The van der Waals surface area contributed by atoms with Crippen LogP contribution in [0, 0.1) is 6.92 Å². The Labute approximate surface area is 108 Å². The van der Waals surface area contributed by atoms with Crippen LogP contribution in [0.15, 0.2) is 11.4 Å². The van der Waals surface area contributed by atoms with Gasteiger partial charge in [0.15, 0.2) is 0 Å². The summed E-state index contributed by atoms with van der Waals surface area (Å²) in [5.41, 5.74) is 1.41. The van der Waals surface area contributed by atoms with Crippen LogP contribution in [0.4, 0.5) is 0 Å². The summed E-state index contributed by atoms with van der Waals surface area (Å²) in [5.74, 6) is 0. The standard InChI is InChI=1S/C13H22N2OS/c1-12-3-10-17-13(12)11-14-4-6-15-5-2-8-16-9-7-15/h3,10,14H,2,4-9,11H2,1H3. The Morgan fingerprint density at radius 2 is 2.35 bits per heavy atom. The third-order valence-electron chi connectivity index (χ3n) is 3.17. The molecule has 0 radical (unpaired) electrons. The molecule has 0 amide bonds. The van der Waals surface area contributed by atoms with Crippen LogP contribution in [0.5, 0.6) is 0 Å². The maximum atomic E-state index is 5.45. The predicted molar refractivity (Wildman–Crippen MR) is 72.6 cm³/mol. The SMILES string of the molecule is Cc1ccsc1CNCCN1CCCOCC1. The Bertz CT molecular complexity index is 319. The molecule has 1 aromatic heterocycles. The number of ether oxygens (including phenoxy) is 1. The highest BCUT2D eigenvalue weighted by Gasteiger charge is 2.08. The van der Waals surface area contributed by atoms with E-state index in [0.717, 1.165) is 39.4 Å². The summed E-state index contributed by atoms with van der Waals surface area (Å²) in [6, 6.07) is 2.19. The summed E-state index contributed by atoms with van der Waals surface area (Å²) in [7, 11) is 0. The largest absolute Gasteiger partial charge is 0.380 e. The van der Waals surface area contributed by atoms with Crippen molar-refractivity contribution in [1.82, 2.24) is 10.2 Å². The minimum atomic E-state index is 0.893. The van der Waals surface area contributed by atoms with Crippen LogP contribution in [0.3, 0.4) is 0 Å². The van der Waals surface area contributed by atoms with Gasteiger partial charge in [-0.25, -0.2) is 0 Å². The molecular weight excluding hydrogens is 232 g/mol. The fraction of sp³-hybridized carbons (Fsp3) is 0.692. The zero-order valence-corrected chi connectivity index (χ0v) is 11.4. The van der Waals surface area contributed by atoms with Gasteiger partial charge in [0.25, 0.3) is 0 Å². The molecule has 3 nitrogen and oxygen atoms in total. The van der Waals surface area contributed by atoms with Gasteiger partial charge in [-0.2, -0.15) is 0 Å². The average Bonchev–Trinajstić information content (AvgIpc) is 2.60. The number of aryl methyl sites for hydroxylation is 1. The molecule has 1 aromatic rings. The lowest BCUT2D eigenvalue weighted by Crippen LogP contribution is -2.33. The third kappa shape index (κ3) is 4.39. The number of nitrogens with zero attached hydrogens (tertiary/aromatic N) is 1. The minimum Gasteiger partial charge on any atom is -0.380 e. The van der Waals surface area contributed by atoms with Crippen LogP contribution in [-0.2, 0) is 11.3 Å². The fourth-order valence-corrected chi connectivity index (χ4v) is 2.92. The molecule has 1 N–H and O–H groups in total. The highest BCUT2D eigenvalue weighted by Crippen LogP contribution is 2.14. The predicted octanol–water partition coefficient (Wildman–Crippen LogP) is 1.87. The van der Waals surface area contributed by atoms with Crippen molar-refractivity contribution in [1.29, 1.82) is 0 Å². The summed E-state index contributed by atoms with van der Waals surface area (Å²) >= 11 is 1.84. The van der Waals surface area contributed by atoms with Gasteiger partial charge >= 0.3 is 0 Å². The Hall–Kier alpha value is -0.420. The minimum absolute atomic E-state index is 0.893. The van der Waals surface area contributed by atoms with Crippen LogP contribution in [0.1, 0.15) is 16.9 Å². The van der Waals surface area contributed by atoms with Crippen LogP contribution >= 0.6 is 11.3 Å². The van der Waals surface area contributed by atoms with Crippen molar-refractivity contribution in [2.75, 3.05) is 39.4 Å². The first-order valence-corrected chi connectivity index (χ1v) is 7.28. The van der Waals surface area contributed by atoms with Crippen LogP contribution < -0.4 is 5.32 Å². The molecule has 0 saturated carbocycles. The van der Waals surface area contributed by atoms with Crippen molar-refractivity contribution in [2.24, 2.45) is 0 Å². The molecule has 17 heavy (non-hydrogen) atoms. The Morgan fingerprint density at radius 1 is 1.41 bits per heavy atom. The second kappa shape index (κ2) is 7.11. The van der Waals surface area contributed by atoms with E-state index in [1.807, 2.05) is 11.3 Å². The molecule has 0 spiro atoms. The lowest BCUT2D eigenvalue weighted by molar-refractivity contribution is 0.141. The van der Waals surface area contributed by atoms with Crippen molar-refractivity contribution in [2.45, 2.75) is 19.9 Å². The van der Waals surface area contributed by atoms with Crippen molar-refractivity contribution < 1.29 is 4.74 Å². The van der Waals surface area contributed by atoms with E-state index in [0.29, 0.717) is 0 Å². The number of thiophene rings is 1. The van der Waals surface area contributed by atoms with E-state index < -0.39 is 0 Å². The number of hydrogen-bond donors (Lipinski definition) is 1. The fourth-order valence-electron chi connectivity index (χ4n) is 2.05. The quantitative estimate of drug-likeness (QED) is 0.812. The summed E-state index contributed by atoms with van der Waals surface area (Å²) in [5, 5.41) is 5.69. The van der Waals surface area contributed by atoms with Crippen LogP contribution in [0.25, 0.3) is 0 Å². The molecule has 0 unspecified atom stereocenters. The van der Waals surface area contributed by atoms with Gasteiger partial charge in [0.1, 0.15) is 0 Å². The molecular formula is C13H22N2OS. The van der Waals surface area contributed by atoms with Gasteiger partial charge in [0, 0.05) is 44.2 Å². The third-order valence-corrected chi connectivity index (χ3v) is 4.20. The summed E-state index contributed by atoms with van der Waals surface area (Å²) in [6.07, 6.45) is 1.17. The highest BCUT2D eigenvalue weighted by molar-refractivity contribution is 7.10. The van der Waals surface area contributed by atoms with E-state index in [1.54, 1.807) is 0 Å². The first-order valence-electron chi connectivity index (χ1n) is 6.40. The Kier molecular flexibility index (Phi) is 5.45. The Balaban J connectivity index is 1.61. The summed E-state index contributed by atoms with van der Waals surface area (Å²) in [4.78, 5) is 3.95. The molecule has 4 heteroatoms. The van der Waals surface area contributed by atoms with Gasteiger partial charge in [-0.05, 0) is 30.4 Å². The van der Waals surface area contributed by atoms with E-state index in [-0.39, 0.29) is 0 Å². The second-order valence-corrected chi connectivity index (χ2v) is 5.51. The van der Waals surface area contributed by atoms with E-state index in [9.17, 15) is 0 Å². The monoisotopic (exact) mass is 254 g/mol. The van der Waals surface area contributed by atoms with Crippen molar-refractivity contribution >= 4 is 11.3 Å². The van der Waals surface area contributed by atoms with E-state index in [2.05, 4.69) is 28.6 Å². The van der Waals surface area contributed by atoms with E-state index in [4.69, 9.17) is 4.74 Å². The molecule has 0 aromatic carbocycles. The molecule has 2 heterocycles. The molecule has 1 fully saturated rings. The first-order chi connectivity index (χ1) is 8.36. The lowest BCUT2D eigenvalue weighted by Gasteiger charge is -2.18. The summed E-state index contributed by atoms with van der Waals surface area (Å²) in [6.45, 7) is 9.47. The Morgan fingerprint density at radius 3 is 3.18 bits per heavy atom. The van der Waals surface area contributed by atoms with Crippen molar-refractivity contribution in [3.05, 3.63) is 21.9 Å². The van der Waals surface area contributed by atoms with Gasteiger partial charge in [0.05, 0.1) is 6.61 Å². The highest BCUT2D eigenvalue weighted by atomic mass is 32.1. The molecule has 1 saturated heterocycles. The van der Waals surface area contributed by atoms with Crippen molar-refractivity contribution in [3.63, 3.8) is 0 Å². The molecule has 0 bridgehead atoms. The number of rotatable bonds is 5. The van der Waals surface area contributed by atoms with Gasteiger partial charge in [0.2, 0.25) is 0 Å². The van der Waals surface area contributed by atoms with E-state index in [1.165, 1.54) is 23.4 Å². The van der Waals surface area contributed by atoms with Gasteiger partial charge in [-0.3, -0.25) is 4.90 Å². The number of hydrogen-bond acceptors (Lipinski definition) is 4. The first kappa shape index (κ1) is 13.0. The maximum absolute atomic E-state index is 5.45. The zero-order chi connectivity index (χ0) is 11.9. The molecule has 2 rings (SSSR count). The molecule has 1 aliphatic rings. The number of nitrogens with one attached hydrogen (secondary N) is 1. The van der Waals surface area contributed by atoms with Gasteiger partial charge in [-0.15, -0.1) is 11.3 Å². The van der Waals surface area contributed by atoms with Crippen molar-refractivity contribution in [3.8, 4) is 0 Å². The smallest absolute Gasteiger partial charge is 0.0593 e. The molecule has 1 aliphatic heterocycles. The van der Waals surface area contributed by atoms with Crippen LogP contribution in [0.2, 0.25) is 0 Å². The van der Waals surface area contributed by atoms with Gasteiger partial charge in [-0.1, -0.05) is 0 Å². The zero-order valence-electron chi connectivity index (χ0n) is 10.6. The molecule has 0 atom stereocenters. The molecule has 96 valence electrons. The van der Waals surface area contributed by atoms with Gasteiger partial charge < -0.3 is 10.1 Å². The molecule has 0 aliphatic carbocycles. The van der Waals surface area contributed by atoms with Crippen LogP contribution in [-0.4, -0.2) is 44.3 Å². The van der Waals surface area contributed by atoms with E-state index >= 15 is 0 Å². The summed E-state index contributed by atoms with van der Waals surface area (Å²) < 4.78 is 5.45. The topological polar surface area (TPSA) is 24.5 Å². The lowest BCUT2D eigenvalue weighted by atomic mass is 10.3. The average molecular weight is 254 g/mol. The normalized spacial score (nSPS) is 18.2.